The number of nitrogens with two attached hydrogens (primary N) is 1. The molecule has 0 saturated heterocycles. The minimum atomic E-state index is 0. The third-order valence-electron chi connectivity index (χ3n) is 4.05. The Labute approximate surface area is 175 Å². The largest absolute Gasteiger partial charge is 0.497 e. The highest BCUT2D eigenvalue weighted by molar-refractivity contribution is 14.0. The number of fused-ring (bicyclic) bond motifs is 1. The van der Waals surface area contributed by atoms with Crippen LogP contribution in [0.4, 0.5) is 5.69 Å². The smallest absolute Gasteiger partial charge is 0.193 e. The first-order valence-corrected chi connectivity index (χ1v) is 8.33. The molecule has 3 aromatic rings. The predicted octanol–water partition coefficient (Wildman–Crippen LogP) is 3.25. The Hall–Kier alpha value is -2.49. The quantitative estimate of drug-likeness (QED) is 0.321. The zero-order valence-corrected chi connectivity index (χ0v) is 17.9. The molecule has 0 saturated carbocycles. The first-order chi connectivity index (χ1) is 12.6. The molecular weight excluding hydrogens is 457 g/mol. The lowest BCUT2D eigenvalue weighted by atomic mass is 10.2. The maximum atomic E-state index is 6.00. The molecule has 0 atom stereocenters. The van der Waals surface area contributed by atoms with Crippen molar-refractivity contribution in [1.82, 2.24) is 9.38 Å². The number of hydrogen-bond donors (Lipinski definition) is 2. The van der Waals surface area contributed by atoms with Gasteiger partial charge < -0.3 is 24.9 Å². The summed E-state index contributed by atoms with van der Waals surface area (Å²) in [4.78, 5) is 9.02. The summed E-state index contributed by atoms with van der Waals surface area (Å²) in [5.41, 5.74) is 9.81. The van der Waals surface area contributed by atoms with Gasteiger partial charge in [-0.05, 0) is 30.7 Å². The van der Waals surface area contributed by atoms with E-state index in [4.69, 9.17) is 15.2 Å². The van der Waals surface area contributed by atoms with Crippen LogP contribution in [-0.2, 0) is 6.42 Å². The van der Waals surface area contributed by atoms with Crippen molar-refractivity contribution in [3.8, 4) is 11.5 Å². The minimum absolute atomic E-state index is 0. The van der Waals surface area contributed by atoms with Crippen LogP contribution in [-0.4, -0.2) is 36.1 Å². The second kappa shape index (κ2) is 9.45. The summed E-state index contributed by atoms with van der Waals surface area (Å²) in [7, 11) is 3.21. The number of anilines is 1. The molecule has 27 heavy (non-hydrogen) atoms. The van der Waals surface area contributed by atoms with E-state index in [1.165, 1.54) is 0 Å². The lowest BCUT2D eigenvalue weighted by Crippen LogP contribution is -2.23. The first kappa shape index (κ1) is 20.8. The average molecular weight is 481 g/mol. The number of benzene rings is 1. The highest BCUT2D eigenvalue weighted by atomic mass is 127. The van der Waals surface area contributed by atoms with E-state index in [0.29, 0.717) is 36.1 Å². The van der Waals surface area contributed by atoms with Gasteiger partial charge in [-0.25, -0.2) is 4.98 Å². The number of aliphatic imine (C=N–C) groups is 1. The fourth-order valence-corrected chi connectivity index (χ4v) is 2.71. The molecule has 0 aliphatic rings. The van der Waals surface area contributed by atoms with Gasteiger partial charge in [0.15, 0.2) is 5.96 Å². The molecule has 0 spiro atoms. The molecule has 0 aliphatic heterocycles. The number of nitrogens with one attached hydrogen (secondary N) is 1. The normalized spacial score (nSPS) is 11.1. The van der Waals surface area contributed by atoms with E-state index in [0.717, 1.165) is 16.9 Å². The number of hydrogen-bond acceptors (Lipinski definition) is 4. The highest BCUT2D eigenvalue weighted by Crippen LogP contribution is 2.28. The third kappa shape index (κ3) is 5.03. The van der Waals surface area contributed by atoms with Gasteiger partial charge in [-0.1, -0.05) is 6.07 Å². The second-order valence-electron chi connectivity index (χ2n) is 5.86. The Morgan fingerprint density at radius 2 is 2.07 bits per heavy atom. The molecule has 144 valence electrons. The Bertz CT molecular complexity index is 939. The molecule has 2 heterocycles. The summed E-state index contributed by atoms with van der Waals surface area (Å²) < 4.78 is 12.6. The molecule has 3 N–H and O–H groups in total. The SMILES string of the molecule is COc1ccc(OC)c(NC(N)=NCCc2cn3cccc(C)c3n2)c1.I. The van der Waals surface area contributed by atoms with Crippen LogP contribution in [0.15, 0.2) is 47.7 Å². The number of rotatable bonds is 6. The Morgan fingerprint density at radius 1 is 1.26 bits per heavy atom. The van der Waals surface area contributed by atoms with Crippen LogP contribution < -0.4 is 20.5 Å². The molecule has 0 aliphatic carbocycles. The van der Waals surface area contributed by atoms with Crippen molar-refractivity contribution in [2.24, 2.45) is 10.7 Å². The zero-order chi connectivity index (χ0) is 18.5. The van der Waals surface area contributed by atoms with Crippen molar-refractivity contribution in [2.45, 2.75) is 13.3 Å². The van der Waals surface area contributed by atoms with E-state index in [9.17, 15) is 0 Å². The summed E-state index contributed by atoms with van der Waals surface area (Å²) in [5, 5.41) is 3.06. The van der Waals surface area contributed by atoms with Crippen molar-refractivity contribution in [3.63, 3.8) is 0 Å². The molecule has 3 rings (SSSR count). The Kier molecular flexibility index (Phi) is 7.28. The maximum absolute atomic E-state index is 6.00. The fourth-order valence-electron chi connectivity index (χ4n) is 2.71. The summed E-state index contributed by atoms with van der Waals surface area (Å²) >= 11 is 0. The summed E-state index contributed by atoms with van der Waals surface area (Å²) in [5.74, 6) is 1.69. The van der Waals surface area contributed by atoms with E-state index in [1.807, 2.05) is 54.0 Å². The minimum Gasteiger partial charge on any atom is -0.497 e. The predicted molar refractivity (Wildman–Crippen MR) is 119 cm³/mol. The van der Waals surface area contributed by atoms with Gasteiger partial charge in [0, 0.05) is 31.4 Å². The van der Waals surface area contributed by atoms with E-state index in [-0.39, 0.29) is 24.0 Å². The highest BCUT2D eigenvalue weighted by Gasteiger charge is 2.07. The zero-order valence-electron chi connectivity index (χ0n) is 15.6. The number of aryl methyl sites for hydroxylation is 1. The van der Waals surface area contributed by atoms with Crippen molar-refractivity contribution in [2.75, 3.05) is 26.1 Å². The number of nitrogens with zero attached hydrogens (tertiary/aromatic N) is 3. The van der Waals surface area contributed by atoms with Gasteiger partial charge >= 0.3 is 0 Å². The number of aromatic nitrogens is 2. The molecule has 2 aromatic heterocycles. The van der Waals surface area contributed by atoms with Crippen molar-refractivity contribution in [1.29, 1.82) is 0 Å². The van der Waals surface area contributed by atoms with Crippen LogP contribution in [0.3, 0.4) is 0 Å². The van der Waals surface area contributed by atoms with Crippen molar-refractivity contribution < 1.29 is 9.47 Å². The number of methoxy groups -OCH3 is 2. The summed E-state index contributed by atoms with van der Waals surface area (Å²) in [6.07, 6.45) is 4.72. The summed E-state index contributed by atoms with van der Waals surface area (Å²) in [6, 6.07) is 9.51. The van der Waals surface area contributed by atoms with E-state index in [2.05, 4.69) is 15.3 Å². The van der Waals surface area contributed by atoms with Gasteiger partial charge in [0.1, 0.15) is 17.1 Å². The molecule has 0 amide bonds. The Morgan fingerprint density at radius 3 is 2.78 bits per heavy atom. The van der Waals surface area contributed by atoms with Crippen molar-refractivity contribution >= 4 is 41.3 Å². The third-order valence-corrected chi connectivity index (χ3v) is 4.05. The molecular formula is C19H24IN5O2. The van der Waals surface area contributed by atoms with Crippen LogP contribution in [0.2, 0.25) is 0 Å². The van der Waals surface area contributed by atoms with Gasteiger partial charge in [0.05, 0.1) is 25.6 Å². The van der Waals surface area contributed by atoms with E-state index >= 15 is 0 Å². The molecule has 8 heteroatoms. The number of ether oxygens (including phenoxy) is 2. The van der Waals surface area contributed by atoms with Crippen LogP contribution in [0, 0.1) is 6.92 Å². The molecule has 7 nitrogen and oxygen atoms in total. The number of guanidine groups is 1. The molecule has 0 bridgehead atoms. The summed E-state index contributed by atoms with van der Waals surface area (Å²) in [6.45, 7) is 2.59. The second-order valence-corrected chi connectivity index (χ2v) is 5.86. The monoisotopic (exact) mass is 481 g/mol. The standard InChI is InChI=1S/C19H23N5O2.HI/c1-13-5-4-10-24-12-14(22-18(13)24)8-9-21-19(20)23-16-11-15(25-2)6-7-17(16)26-3;/h4-7,10-12H,8-9H2,1-3H3,(H3,20,21,23);1H. The maximum Gasteiger partial charge on any atom is 0.193 e. The van der Waals surface area contributed by atoms with Crippen LogP contribution in [0.5, 0.6) is 11.5 Å². The van der Waals surface area contributed by atoms with E-state index < -0.39 is 0 Å². The van der Waals surface area contributed by atoms with Gasteiger partial charge in [-0.2, -0.15) is 0 Å². The molecule has 1 aromatic carbocycles. The molecule has 0 unspecified atom stereocenters. The lowest BCUT2D eigenvalue weighted by Gasteiger charge is -2.12. The topological polar surface area (TPSA) is 86.2 Å². The van der Waals surface area contributed by atoms with E-state index in [1.54, 1.807) is 14.2 Å². The van der Waals surface area contributed by atoms with Crippen molar-refractivity contribution in [3.05, 3.63) is 54.0 Å². The lowest BCUT2D eigenvalue weighted by molar-refractivity contribution is 0.405. The fraction of sp³-hybridized carbons (Fsp3) is 0.263. The Balaban J connectivity index is 0.00000261. The van der Waals surface area contributed by atoms with Gasteiger partial charge in [0.2, 0.25) is 0 Å². The van der Waals surface area contributed by atoms with Crippen LogP contribution in [0.1, 0.15) is 11.3 Å². The number of imidazole rings is 1. The van der Waals surface area contributed by atoms with Crippen LogP contribution >= 0.6 is 24.0 Å². The van der Waals surface area contributed by atoms with Gasteiger partial charge in [-0.3, -0.25) is 4.99 Å². The number of pyridine rings is 1. The molecule has 0 radical (unpaired) electrons. The first-order valence-electron chi connectivity index (χ1n) is 8.33. The van der Waals surface area contributed by atoms with Gasteiger partial charge in [0.25, 0.3) is 0 Å². The van der Waals surface area contributed by atoms with Gasteiger partial charge in [-0.15, -0.1) is 24.0 Å². The number of halogens is 1. The molecule has 0 fully saturated rings. The average Bonchev–Trinajstić information content (AvgIpc) is 3.06. The van der Waals surface area contributed by atoms with Crippen LogP contribution in [0.25, 0.3) is 5.65 Å².